The molecule has 0 fully saturated rings. The van der Waals surface area contributed by atoms with Crippen LogP contribution in [-0.2, 0) is 9.59 Å². The number of rotatable bonds is 7. The quantitative estimate of drug-likeness (QED) is 0.663. The van der Waals surface area contributed by atoms with E-state index in [9.17, 15) is 9.59 Å². The molecule has 0 aromatic carbocycles. The molecule has 5 heteroatoms. The predicted molar refractivity (Wildman–Crippen MR) is 57.7 cm³/mol. The Bertz CT molecular complexity index is 219. The molecular formula is C10H20N2O3. The third-order valence-corrected chi connectivity index (χ3v) is 2.16. The van der Waals surface area contributed by atoms with Crippen molar-refractivity contribution < 1.29 is 14.7 Å². The molecule has 0 aromatic heterocycles. The number of amides is 1. The normalized spacial score (nSPS) is 10.4. The van der Waals surface area contributed by atoms with Crippen LogP contribution in [0.4, 0.5) is 0 Å². The number of likely N-dealkylation sites (N-methyl/N-ethyl adjacent to an activating group) is 1. The molecule has 1 amide bonds. The molecular weight excluding hydrogens is 196 g/mol. The van der Waals surface area contributed by atoms with Crippen LogP contribution in [0.25, 0.3) is 0 Å². The van der Waals surface area contributed by atoms with Crippen molar-refractivity contribution in [1.29, 1.82) is 0 Å². The van der Waals surface area contributed by atoms with E-state index in [-0.39, 0.29) is 19.0 Å². The van der Waals surface area contributed by atoms with Gasteiger partial charge in [0, 0.05) is 13.6 Å². The van der Waals surface area contributed by atoms with Crippen LogP contribution in [0.5, 0.6) is 0 Å². The number of hydrogen-bond acceptors (Lipinski definition) is 3. The first-order chi connectivity index (χ1) is 7.01. The number of carbonyl (C=O) groups excluding carboxylic acids is 1. The monoisotopic (exact) mass is 216 g/mol. The van der Waals surface area contributed by atoms with Crippen LogP contribution in [0.2, 0.25) is 0 Å². The Balaban J connectivity index is 4.14. The molecule has 0 bridgehead atoms. The molecule has 1 N–H and O–H groups in total. The van der Waals surface area contributed by atoms with Gasteiger partial charge in [-0.1, -0.05) is 6.92 Å². The van der Waals surface area contributed by atoms with Gasteiger partial charge in [-0.05, 0) is 19.9 Å². The minimum Gasteiger partial charge on any atom is -0.480 e. The maximum Gasteiger partial charge on any atom is 0.317 e. The maximum absolute atomic E-state index is 11.5. The molecule has 0 unspecified atom stereocenters. The Labute approximate surface area is 90.7 Å². The lowest BCUT2D eigenvalue weighted by Gasteiger charge is -2.22. The second-order valence-electron chi connectivity index (χ2n) is 3.51. The highest BCUT2D eigenvalue weighted by Crippen LogP contribution is 1.94. The van der Waals surface area contributed by atoms with Crippen LogP contribution in [0.15, 0.2) is 0 Å². The minimum atomic E-state index is -0.893. The van der Waals surface area contributed by atoms with Gasteiger partial charge in [-0.25, -0.2) is 0 Å². The van der Waals surface area contributed by atoms with Crippen LogP contribution in [0, 0.1) is 0 Å². The standard InChI is InChI=1S/C10H20N2O3/c1-4-6-12(8-10(14)15)7-9(13)11(3)5-2/h4-8H2,1-3H3,(H,14,15). The Morgan fingerprint density at radius 2 is 1.80 bits per heavy atom. The summed E-state index contributed by atoms with van der Waals surface area (Å²) in [6, 6.07) is 0. The SMILES string of the molecule is CCCN(CC(=O)O)CC(=O)N(C)CC. The Morgan fingerprint density at radius 3 is 2.20 bits per heavy atom. The van der Waals surface area contributed by atoms with Gasteiger partial charge in [-0.3, -0.25) is 14.5 Å². The summed E-state index contributed by atoms with van der Waals surface area (Å²) in [6.45, 7) is 5.24. The van der Waals surface area contributed by atoms with Gasteiger partial charge >= 0.3 is 5.97 Å². The lowest BCUT2D eigenvalue weighted by Crippen LogP contribution is -2.40. The first kappa shape index (κ1) is 13.9. The van der Waals surface area contributed by atoms with Crippen molar-refractivity contribution in [2.75, 3.05) is 33.2 Å². The first-order valence-electron chi connectivity index (χ1n) is 5.19. The number of carbonyl (C=O) groups is 2. The molecule has 88 valence electrons. The summed E-state index contributed by atoms with van der Waals surface area (Å²) >= 11 is 0. The number of nitrogens with zero attached hydrogens (tertiary/aromatic N) is 2. The summed E-state index contributed by atoms with van der Waals surface area (Å²) in [7, 11) is 1.72. The summed E-state index contributed by atoms with van der Waals surface area (Å²) in [4.78, 5) is 25.3. The van der Waals surface area contributed by atoms with Crippen molar-refractivity contribution in [3.05, 3.63) is 0 Å². The Kier molecular flexibility index (Phi) is 6.70. The van der Waals surface area contributed by atoms with E-state index in [0.29, 0.717) is 13.1 Å². The van der Waals surface area contributed by atoms with Gasteiger partial charge in [0.15, 0.2) is 0 Å². The number of carboxylic acid groups (broad SMARTS) is 1. The molecule has 0 spiro atoms. The maximum atomic E-state index is 11.5. The van der Waals surface area contributed by atoms with Crippen molar-refractivity contribution in [1.82, 2.24) is 9.80 Å². The molecule has 0 aliphatic carbocycles. The van der Waals surface area contributed by atoms with Crippen molar-refractivity contribution >= 4 is 11.9 Å². The predicted octanol–water partition coefficient (Wildman–Crippen LogP) is 0.261. The van der Waals surface area contributed by atoms with Crippen molar-refractivity contribution in [3.8, 4) is 0 Å². The van der Waals surface area contributed by atoms with E-state index in [1.807, 2.05) is 13.8 Å². The van der Waals surface area contributed by atoms with Crippen LogP contribution in [0.1, 0.15) is 20.3 Å². The van der Waals surface area contributed by atoms with E-state index in [0.717, 1.165) is 6.42 Å². The van der Waals surface area contributed by atoms with Gasteiger partial charge in [-0.2, -0.15) is 0 Å². The molecule has 5 nitrogen and oxygen atoms in total. The van der Waals surface area contributed by atoms with E-state index in [1.54, 1.807) is 16.8 Å². The van der Waals surface area contributed by atoms with Gasteiger partial charge in [0.1, 0.15) is 0 Å². The van der Waals surface area contributed by atoms with Crippen molar-refractivity contribution in [3.63, 3.8) is 0 Å². The second kappa shape index (κ2) is 7.23. The molecule has 0 saturated heterocycles. The molecule has 0 aliphatic rings. The van der Waals surface area contributed by atoms with Gasteiger partial charge in [0.25, 0.3) is 0 Å². The molecule has 15 heavy (non-hydrogen) atoms. The van der Waals surface area contributed by atoms with Crippen molar-refractivity contribution in [2.45, 2.75) is 20.3 Å². The van der Waals surface area contributed by atoms with Crippen molar-refractivity contribution in [2.24, 2.45) is 0 Å². The molecule has 0 aliphatic heterocycles. The van der Waals surface area contributed by atoms with E-state index in [1.165, 1.54) is 0 Å². The van der Waals surface area contributed by atoms with E-state index in [2.05, 4.69) is 0 Å². The number of hydrogen-bond donors (Lipinski definition) is 1. The topological polar surface area (TPSA) is 60.9 Å². The number of aliphatic carboxylic acids is 1. The average Bonchev–Trinajstić information content (AvgIpc) is 2.15. The average molecular weight is 216 g/mol. The van der Waals surface area contributed by atoms with Gasteiger partial charge in [0.2, 0.25) is 5.91 Å². The Hall–Kier alpha value is -1.10. The zero-order chi connectivity index (χ0) is 11.8. The highest BCUT2D eigenvalue weighted by molar-refractivity contribution is 5.78. The smallest absolute Gasteiger partial charge is 0.317 e. The van der Waals surface area contributed by atoms with E-state index >= 15 is 0 Å². The second-order valence-corrected chi connectivity index (χ2v) is 3.51. The summed E-state index contributed by atoms with van der Waals surface area (Å²) in [5.74, 6) is -0.928. The third kappa shape index (κ3) is 6.06. The summed E-state index contributed by atoms with van der Waals surface area (Å²) in [5, 5.41) is 8.65. The van der Waals surface area contributed by atoms with Gasteiger partial charge < -0.3 is 10.0 Å². The zero-order valence-corrected chi connectivity index (χ0v) is 9.69. The zero-order valence-electron chi connectivity index (χ0n) is 9.69. The summed E-state index contributed by atoms with van der Waals surface area (Å²) in [6.07, 6.45) is 0.844. The molecule has 0 saturated carbocycles. The highest BCUT2D eigenvalue weighted by atomic mass is 16.4. The highest BCUT2D eigenvalue weighted by Gasteiger charge is 2.14. The van der Waals surface area contributed by atoms with Gasteiger partial charge in [0.05, 0.1) is 13.1 Å². The van der Waals surface area contributed by atoms with E-state index < -0.39 is 5.97 Å². The first-order valence-corrected chi connectivity index (χ1v) is 5.19. The molecule has 0 radical (unpaired) electrons. The summed E-state index contributed by atoms with van der Waals surface area (Å²) < 4.78 is 0. The Morgan fingerprint density at radius 1 is 1.20 bits per heavy atom. The lowest BCUT2D eigenvalue weighted by atomic mass is 10.3. The molecule has 0 rings (SSSR count). The fraction of sp³-hybridized carbons (Fsp3) is 0.800. The van der Waals surface area contributed by atoms with Gasteiger partial charge in [-0.15, -0.1) is 0 Å². The van der Waals surface area contributed by atoms with Crippen LogP contribution in [-0.4, -0.2) is 60.0 Å². The largest absolute Gasteiger partial charge is 0.480 e. The van der Waals surface area contributed by atoms with Crippen LogP contribution >= 0.6 is 0 Å². The molecule has 0 atom stereocenters. The lowest BCUT2D eigenvalue weighted by molar-refractivity contribution is -0.139. The summed E-state index contributed by atoms with van der Waals surface area (Å²) in [5.41, 5.74) is 0. The van der Waals surface area contributed by atoms with E-state index in [4.69, 9.17) is 5.11 Å². The fourth-order valence-corrected chi connectivity index (χ4v) is 1.21. The fourth-order valence-electron chi connectivity index (χ4n) is 1.21. The molecule has 0 heterocycles. The third-order valence-electron chi connectivity index (χ3n) is 2.16. The van der Waals surface area contributed by atoms with Crippen LogP contribution < -0.4 is 0 Å². The minimum absolute atomic E-state index is 0.0350. The van der Waals surface area contributed by atoms with Crippen LogP contribution in [0.3, 0.4) is 0 Å². The number of carboxylic acids is 1. The molecule has 0 aromatic rings.